The summed E-state index contributed by atoms with van der Waals surface area (Å²) in [6.45, 7) is 0. The maximum absolute atomic E-state index is 12.5. The van der Waals surface area contributed by atoms with Crippen molar-refractivity contribution in [1.29, 1.82) is 0 Å². The van der Waals surface area contributed by atoms with E-state index in [1.165, 1.54) is 4.90 Å². The summed E-state index contributed by atoms with van der Waals surface area (Å²) in [6.07, 6.45) is 0. The van der Waals surface area contributed by atoms with Gasteiger partial charge in [0.2, 0.25) is 0 Å². The Bertz CT molecular complexity index is 886. The average Bonchev–Trinajstić information content (AvgIpc) is 2.86. The number of hydrogen-bond donors (Lipinski definition) is 1. The van der Waals surface area contributed by atoms with Crippen LogP contribution in [0.25, 0.3) is 5.76 Å². The van der Waals surface area contributed by atoms with Crippen molar-refractivity contribution >= 4 is 39.1 Å². The van der Waals surface area contributed by atoms with Gasteiger partial charge in [-0.1, -0.05) is 40.2 Å². The number of Topliss-reactive ketones (excluding diaryl/α,β-unsaturated/α-hetero) is 1. The number of carbonyl (C=O) groups is 2. The Hall–Kier alpha value is -2.60. The van der Waals surface area contributed by atoms with E-state index in [1.54, 1.807) is 31.3 Å². The number of anilines is 1. The first-order valence-electron chi connectivity index (χ1n) is 8.09. The second kappa shape index (κ2) is 6.96. The molecule has 2 aromatic rings. The summed E-state index contributed by atoms with van der Waals surface area (Å²) in [7, 11) is 5.45. The summed E-state index contributed by atoms with van der Waals surface area (Å²) in [4.78, 5) is 28.1. The number of rotatable bonds is 3. The number of amides is 1. The highest BCUT2D eigenvalue weighted by atomic mass is 79.9. The first kappa shape index (κ1) is 18.2. The Morgan fingerprint density at radius 2 is 1.62 bits per heavy atom. The van der Waals surface area contributed by atoms with Crippen LogP contribution in [0.2, 0.25) is 0 Å². The summed E-state index contributed by atoms with van der Waals surface area (Å²) in [5.41, 5.74) is 2.39. The van der Waals surface area contributed by atoms with E-state index in [0.717, 1.165) is 15.7 Å². The van der Waals surface area contributed by atoms with Gasteiger partial charge in [0, 0.05) is 36.9 Å². The van der Waals surface area contributed by atoms with Crippen molar-refractivity contribution < 1.29 is 14.7 Å². The van der Waals surface area contributed by atoms with Crippen molar-refractivity contribution in [3.63, 3.8) is 0 Å². The van der Waals surface area contributed by atoms with Gasteiger partial charge in [0.1, 0.15) is 5.76 Å². The van der Waals surface area contributed by atoms with E-state index in [-0.39, 0.29) is 11.3 Å². The van der Waals surface area contributed by atoms with Crippen molar-refractivity contribution in [2.45, 2.75) is 6.04 Å². The molecule has 26 heavy (non-hydrogen) atoms. The smallest absolute Gasteiger partial charge is 0.295 e. The van der Waals surface area contributed by atoms with Gasteiger partial charge in [-0.2, -0.15) is 0 Å². The zero-order valence-electron chi connectivity index (χ0n) is 14.7. The molecule has 5 nitrogen and oxygen atoms in total. The van der Waals surface area contributed by atoms with Gasteiger partial charge >= 0.3 is 0 Å². The van der Waals surface area contributed by atoms with Crippen LogP contribution in [-0.2, 0) is 9.59 Å². The van der Waals surface area contributed by atoms with Gasteiger partial charge in [0.05, 0.1) is 11.6 Å². The predicted octanol–water partition coefficient (Wildman–Crippen LogP) is 3.57. The number of benzene rings is 2. The van der Waals surface area contributed by atoms with Gasteiger partial charge in [-0.05, 0) is 29.8 Å². The monoisotopic (exact) mass is 414 g/mol. The number of halogens is 1. The number of likely N-dealkylation sites (tertiary alicyclic amines) is 1. The Labute approximate surface area is 160 Å². The molecule has 0 saturated carbocycles. The lowest BCUT2D eigenvalue weighted by Gasteiger charge is -2.22. The van der Waals surface area contributed by atoms with Crippen molar-refractivity contribution in [3.05, 3.63) is 69.7 Å². The number of aliphatic hydroxyl groups is 1. The summed E-state index contributed by atoms with van der Waals surface area (Å²) in [5, 5.41) is 10.7. The summed E-state index contributed by atoms with van der Waals surface area (Å²) < 4.78 is 0.862. The molecule has 0 bridgehead atoms. The van der Waals surface area contributed by atoms with E-state index < -0.39 is 17.7 Å². The van der Waals surface area contributed by atoms with Gasteiger partial charge in [0.15, 0.2) is 0 Å². The molecule has 3 rings (SSSR count). The van der Waals surface area contributed by atoms with Crippen molar-refractivity contribution in [1.82, 2.24) is 4.90 Å². The summed E-state index contributed by atoms with van der Waals surface area (Å²) in [6, 6.07) is 13.9. The number of nitrogens with zero attached hydrogens (tertiary/aromatic N) is 2. The molecule has 1 atom stereocenters. The third-order valence-electron chi connectivity index (χ3n) is 4.52. The van der Waals surface area contributed by atoms with E-state index in [9.17, 15) is 14.7 Å². The van der Waals surface area contributed by atoms with Gasteiger partial charge in [-0.25, -0.2) is 0 Å². The number of aliphatic hydroxyl groups excluding tert-OH is 1. The lowest BCUT2D eigenvalue weighted by atomic mass is 9.95. The SMILES string of the molecule is CN(C)c1ccc([C@@H]2C(=C(O)c3ccc(Br)cc3)C(=O)C(=O)N2C)cc1. The maximum atomic E-state index is 12.5. The first-order valence-corrected chi connectivity index (χ1v) is 8.88. The molecular weight excluding hydrogens is 396 g/mol. The maximum Gasteiger partial charge on any atom is 0.295 e. The van der Waals surface area contributed by atoms with E-state index in [0.29, 0.717) is 5.56 Å². The van der Waals surface area contributed by atoms with E-state index in [1.807, 2.05) is 43.3 Å². The van der Waals surface area contributed by atoms with Crippen LogP contribution in [0.1, 0.15) is 17.2 Å². The molecule has 2 aromatic carbocycles. The molecule has 0 aromatic heterocycles. The van der Waals surface area contributed by atoms with Crippen LogP contribution in [-0.4, -0.2) is 42.8 Å². The van der Waals surface area contributed by atoms with Crippen LogP contribution in [0.5, 0.6) is 0 Å². The average molecular weight is 415 g/mol. The lowest BCUT2D eigenvalue weighted by Crippen LogP contribution is -2.24. The van der Waals surface area contributed by atoms with Crippen molar-refractivity contribution in [2.75, 3.05) is 26.0 Å². The molecule has 1 aliphatic rings. The molecule has 1 heterocycles. The summed E-state index contributed by atoms with van der Waals surface area (Å²) in [5.74, 6) is -1.46. The largest absolute Gasteiger partial charge is 0.507 e. The van der Waals surface area contributed by atoms with Gasteiger partial charge in [-0.15, -0.1) is 0 Å². The van der Waals surface area contributed by atoms with Gasteiger partial charge in [-0.3, -0.25) is 9.59 Å². The van der Waals surface area contributed by atoms with E-state index in [4.69, 9.17) is 0 Å². The number of ketones is 1. The molecule has 0 unspecified atom stereocenters. The lowest BCUT2D eigenvalue weighted by molar-refractivity contribution is -0.139. The Balaban J connectivity index is 2.11. The molecular formula is C20H19BrN2O3. The molecule has 1 amide bonds. The fraction of sp³-hybridized carbons (Fsp3) is 0.200. The molecule has 1 fully saturated rings. The van der Waals surface area contributed by atoms with Crippen LogP contribution in [0.15, 0.2) is 58.6 Å². The predicted molar refractivity (Wildman–Crippen MR) is 105 cm³/mol. The highest BCUT2D eigenvalue weighted by molar-refractivity contribution is 9.10. The van der Waals surface area contributed by atoms with Crippen LogP contribution in [0, 0.1) is 0 Å². The van der Waals surface area contributed by atoms with Crippen molar-refractivity contribution in [3.8, 4) is 0 Å². The van der Waals surface area contributed by atoms with E-state index in [2.05, 4.69) is 15.9 Å². The fourth-order valence-corrected chi connectivity index (χ4v) is 3.32. The Morgan fingerprint density at radius 3 is 2.15 bits per heavy atom. The van der Waals surface area contributed by atoms with Crippen LogP contribution in [0.3, 0.4) is 0 Å². The van der Waals surface area contributed by atoms with E-state index >= 15 is 0 Å². The molecule has 134 valence electrons. The Kier molecular flexibility index (Phi) is 4.87. The highest BCUT2D eigenvalue weighted by Gasteiger charge is 2.44. The molecule has 1 aliphatic heterocycles. The van der Waals surface area contributed by atoms with Crippen LogP contribution in [0.4, 0.5) is 5.69 Å². The Morgan fingerprint density at radius 1 is 1.04 bits per heavy atom. The standard InChI is InChI=1S/C20H19BrN2O3/c1-22(2)15-10-6-12(7-11-15)17-16(19(25)20(26)23(17)3)18(24)13-4-8-14(21)9-5-13/h4-11,17,24H,1-3H3/t17-/m1/s1. The molecule has 1 N–H and O–H groups in total. The number of hydrogen-bond acceptors (Lipinski definition) is 4. The zero-order chi connectivity index (χ0) is 19.0. The molecule has 0 spiro atoms. The first-order chi connectivity index (χ1) is 12.3. The normalized spacial score (nSPS) is 19.1. The fourth-order valence-electron chi connectivity index (χ4n) is 3.06. The third kappa shape index (κ3) is 3.12. The minimum Gasteiger partial charge on any atom is -0.507 e. The minimum absolute atomic E-state index is 0.109. The molecule has 0 aliphatic carbocycles. The summed E-state index contributed by atoms with van der Waals surface area (Å²) >= 11 is 3.35. The molecule has 0 radical (unpaired) electrons. The molecule has 1 saturated heterocycles. The van der Waals surface area contributed by atoms with Gasteiger partial charge in [0.25, 0.3) is 11.7 Å². The second-order valence-electron chi connectivity index (χ2n) is 6.40. The second-order valence-corrected chi connectivity index (χ2v) is 7.32. The highest BCUT2D eigenvalue weighted by Crippen LogP contribution is 2.38. The van der Waals surface area contributed by atoms with Crippen LogP contribution >= 0.6 is 15.9 Å². The number of likely N-dealkylation sites (N-methyl/N-ethyl adjacent to an activating group) is 1. The minimum atomic E-state index is -0.672. The number of carbonyl (C=O) groups excluding carboxylic acids is 2. The van der Waals surface area contributed by atoms with Crippen molar-refractivity contribution in [2.24, 2.45) is 0 Å². The quantitative estimate of drug-likeness (QED) is 0.473. The van der Waals surface area contributed by atoms with Gasteiger partial charge < -0.3 is 14.9 Å². The van der Waals surface area contributed by atoms with Crippen LogP contribution < -0.4 is 4.90 Å². The third-order valence-corrected chi connectivity index (χ3v) is 5.05. The molecule has 6 heteroatoms. The zero-order valence-corrected chi connectivity index (χ0v) is 16.3. The topological polar surface area (TPSA) is 60.9 Å².